The summed E-state index contributed by atoms with van der Waals surface area (Å²) in [6, 6.07) is 11.3. The Morgan fingerprint density at radius 1 is 1.08 bits per heavy atom. The number of benzene rings is 2. The van der Waals surface area contributed by atoms with Crippen molar-refractivity contribution in [2.75, 3.05) is 7.11 Å². The number of halogens is 3. The largest absolute Gasteiger partial charge is 0.534 e. The van der Waals surface area contributed by atoms with Crippen molar-refractivity contribution < 1.29 is 30.5 Å². The zero-order valence-electron chi connectivity index (χ0n) is 13.7. The van der Waals surface area contributed by atoms with Gasteiger partial charge in [0.15, 0.2) is 5.75 Å². The minimum absolute atomic E-state index is 0.165. The second-order valence-corrected chi connectivity index (χ2v) is 7.05. The van der Waals surface area contributed by atoms with Gasteiger partial charge in [0.1, 0.15) is 5.75 Å². The zero-order valence-corrected chi connectivity index (χ0v) is 14.5. The van der Waals surface area contributed by atoms with Gasteiger partial charge in [-0.05, 0) is 25.1 Å². The van der Waals surface area contributed by atoms with E-state index >= 15 is 0 Å². The van der Waals surface area contributed by atoms with E-state index in [0.717, 1.165) is 17.0 Å². The SMILES string of the molecule is COc1ccc(-c2c(C)[nH]c3ccccc23)c(OS(=O)(=O)C(F)(F)F)c1. The molecule has 0 amide bonds. The summed E-state index contributed by atoms with van der Waals surface area (Å²) in [7, 11) is -4.51. The van der Waals surface area contributed by atoms with Crippen molar-refractivity contribution >= 4 is 21.0 Å². The molecule has 5 nitrogen and oxygen atoms in total. The van der Waals surface area contributed by atoms with E-state index in [-0.39, 0.29) is 11.3 Å². The summed E-state index contributed by atoms with van der Waals surface area (Å²) < 4.78 is 70.7. The lowest BCUT2D eigenvalue weighted by molar-refractivity contribution is -0.0499. The Morgan fingerprint density at radius 3 is 2.42 bits per heavy atom. The van der Waals surface area contributed by atoms with Gasteiger partial charge >= 0.3 is 15.6 Å². The van der Waals surface area contributed by atoms with Gasteiger partial charge in [0.05, 0.1) is 7.11 Å². The third kappa shape index (κ3) is 3.10. The molecule has 0 radical (unpaired) electrons. The van der Waals surface area contributed by atoms with Crippen LogP contribution in [0.2, 0.25) is 0 Å². The van der Waals surface area contributed by atoms with E-state index in [2.05, 4.69) is 9.17 Å². The molecule has 9 heteroatoms. The van der Waals surface area contributed by atoms with Gasteiger partial charge in [-0.1, -0.05) is 18.2 Å². The quantitative estimate of drug-likeness (QED) is 0.535. The van der Waals surface area contributed by atoms with Gasteiger partial charge in [0.25, 0.3) is 0 Å². The Labute approximate surface area is 147 Å². The van der Waals surface area contributed by atoms with Gasteiger partial charge in [0.2, 0.25) is 0 Å². The van der Waals surface area contributed by atoms with Gasteiger partial charge in [-0.25, -0.2) is 0 Å². The van der Waals surface area contributed by atoms with Crippen LogP contribution >= 0.6 is 0 Å². The number of nitrogens with one attached hydrogen (secondary N) is 1. The molecule has 3 aromatic rings. The van der Waals surface area contributed by atoms with Crippen molar-refractivity contribution in [2.45, 2.75) is 12.4 Å². The van der Waals surface area contributed by atoms with Crippen molar-refractivity contribution in [3.8, 4) is 22.6 Å². The first kappa shape index (κ1) is 18.1. The second-order valence-electron chi connectivity index (χ2n) is 5.52. The van der Waals surface area contributed by atoms with Crippen LogP contribution in [0.1, 0.15) is 5.69 Å². The number of aromatic nitrogens is 1. The number of alkyl halides is 3. The van der Waals surface area contributed by atoms with E-state index < -0.39 is 21.4 Å². The molecule has 0 bridgehead atoms. The fourth-order valence-corrected chi connectivity index (χ4v) is 3.16. The summed E-state index contributed by atoms with van der Waals surface area (Å²) in [4.78, 5) is 3.12. The molecular weight excluding hydrogens is 371 g/mol. The Hall–Kier alpha value is -2.68. The van der Waals surface area contributed by atoms with Gasteiger partial charge in [-0.3, -0.25) is 0 Å². The maximum Gasteiger partial charge on any atom is 0.534 e. The highest BCUT2D eigenvalue weighted by atomic mass is 32.2. The molecule has 138 valence electrons. The first-order chi connectivity index (χ1) is 12.1. The number of rotatable bonds is 4. The van der Waals surface area contributed by atoms with Crippen LogP contribution < -0.4 is 8.92 Å². The fourth-order valence-electron chi connectivity index (χ4n) is 2.69. The maximum atomic E-state index is 12.8. The molecule has 1 N–H and O–H groups in total. The van der Waals surface area contributed by atoms with Crippen molar-refractivity contribution in [1.82, 2.24) is 4.98 Å². The van der Waals surface area contributed by atoms with E-state index in [4.69, 9.17) is 4.74 Å². The molecule has 3 rings (SSSR count). The summed E-state index contributed by atoms with van der Waals surface area (Å²) in [6.07, 6.45) is 0. The smallest absolute Gasteiger partial charge is 0.497 e. The molecule has 0 unspecified atom stereocenters. The molecule has 1 heterocycles. The minimum Gasteiger partial charge on any atom is -0.497 e. The average Bonchev–Trinajstić information content (AvgIpc) is 2.89. The molecule has 0 saturated heterocycles. The monoisotopic (exact) mass is 385 g/mol. The Bertz CT molecular complexity index is 1070. The van der Waals surface area contributed by atoms with Crippen LogP contribution in [0.5, 0.6) is 11.5 Å². The first-order valence-electron chi connectivity index (χ1n) is 7.40. The molecule has 0 aliphatic carbocycles. The normalized spacial score (nSPS) is 12.3. The zero-order chi connectivity index (χ0) is 19.1. The highest BCUT2D eigenvalue weighted by Crippen LogP contribution is 2.41. The standard InChI is InChI=1S/C17H14F3NO4S/c1-10-16(12-5-3-4-6-14(12)21-10)13-8-7-11(24-2)9-15(13)25-26(22,23)17(18,19)20/h3-9,21H,1-2H3. The lowest BCUT2D eigenvalue weighted by Gasteiger charge is -2.14. The van der Waals surface area contributed by atoms with Crippen LogP contribution in [-0.4, -0.2) is 26.0 Å². The molecule has 26 heavy (non-hydrogen) atoms. The van der Waals surface area contributed by atoms with E-state index in [1.807, 2.05) is 12.1 Å². The first-order valence-corrected chi connectivity index (χ1v) is 8.81. The topological polar surface area (TPSA) is 68.4 Å². The average molecular weight is 385 g/mol. The molecule has 2 aromatic carbocycles. The third-order valence-electron chi connectivity index (χ3n) is 3.83. The van der Waals surface area contributed by atoms with E-state index in [9.17, 15) is 21.6 Å². The number of H-pyrrole nitrogens is 1. The maximum absolute atomic E-state index is 12.8. The lowest BCUT2D eigenvalue weighted by atomic mass is 10.0. The van der Waals surface area contributed by atoms with Crippen molar-refractivity contribution in [1.29, 1.82) is 0 Å². The van der Waals surface area contributed by atoms with Crippen molar-refractivity contribution in [3.63, 3.8) is 0 Å². The number of ether oxygens (including phenoxy) is 1. The molecule has 1 aromatic heterocycles. The van der Waals surface area contributed by atoms with Crippen LogP contribution in [0, 0.1) is 6.92 Å². The molecule has 0 aliphatic heterocycles. The summed E-state index contributed by atoms with van der Waals surface area (Å²) in [5.41, 5.74) is -3.36. The summed E-state index contributed by atoms with van der Waals surface area (Å²) >= 11 is 0. The minimum atomic E-state index is -5.82. The van der Waals surface area contributed by atoms with Crippen LogP contribution in [0.25, 0.3) is 22.0 Å². The number of aryl methyl sites for hydroxylation is 1. The summed E-state index contributed by atoms with van der Waals surface area (Å²) in [5, 5.41) is 0.726. The van der Waals surface area contributed by atoms with Gasteiger partial charge in [-0.2, -0.15) is 21.6 Å². The molecular formula is C17H14F3NO4S. The van der Waals surface area contributed by atoms with E-state index in [0.29, 0.717) is 11.3 Å². The third-order valence-corrected chi connectivity index (χ3v) is 4.80. The molecule has 0 saturated carbocycles. The van der Waals surface area contributed by atoms with E-state index in [1.165, 1.54) is 19.2 Å². The summed E-state index contributed by atoms with van der Waals surface area (Å²) in [6.45, 7) is 1.74. The van der Waals surface area contributed by atoms with Crippen molar-refractivity contribution in [2.24, 2.45) is 0 Å². The fraction of sp³-hybridized carbons (Fsp3) is 0.176. The number of aromatic amines is 1. The lowest BCUT2D eigenvalue weighted by Crippen LogP contribution is -2.28. The highest BCUT2D eigenvalue weighted by Gasteiger charge is 2.49. The van der Waals surface area contributed by atoms with Crippen molar-refractivity contribution in [3.05, 3.63) is 48.2 Å². The predicted molar refractivity (Wildman–Crippen MR) is 90.6 cm³/mol. The highest BCUT2D eigenvalue weighted by molar-refractivity contribution is 7.88. The Kier molecular flexibility index (Phi) is 4.35. The number of para-hydroxylation sites is 1. The summed E-state index contributed by atoms with van der Waals surface area (Å²) in [5.74, 6) is -0.298. The second kappa shape index (κ2) is 6.24. The number of fused-ring (bicyclic) bond motifs is 1. The molecule has 0 aliphatic rings. The van der Waals surface area contributed by atoms with Crippen LogP contribution in [0.4, 0.5) is 13.2 Å². The molecule has 0 spiro atoms. The Balaban J connectivity index is 2.24. The van der Waals surface area contributed by atoms with Crippen LogP contribution in [0.3, 0.4) is 0 Å². The van der Waals surface area contributed by atoms with Gasteiger partial charge in [-0.15, -0.1) is 0 Å². The van der Waals surface area contributed by atoms with Gasteiger partial charge in [0, 0.05) is 33.8 Å². The van der Waals surface area contributed by atoms with Crippen LogP contribution in [0.15, 0.2) is 42.5 Å². The van der Waals surface area contributed by atoms with Gasteiger partial charge < -0.3 is 13.9 Å². The predicted octanol–water partition coefficient (Wildman–Crippen LogP) is 4.38. The number of methoxy groups -OCH3 is 1. The molecule has 0 fully saturated rings. The van der Waals surface area contributed by atoms with Crippen LogP contribution in [-0.2, 0) is 10.1 Å². The Morgan fingerprint density at radius 2 is 1.77 bits per heavy atom. The molecule has 0 atom stereocenters. The number of hydrogen-bond donors (Lipinski definition) is 1. The van der Waals surface area contributed by atoms with E-state index in [1.54, 1.807) is 19.1 Å². The number of hydrogen-bond acceptors (Lipinski definition) is 4.